The molecule has 4 nitrogen and oxygen atoms in total. The van der Waals surface area contributed by atoms with Gasteiger partial charge in [0.15, 0.2) is 0 Å². The average molecular weight is 296 g/mol. The molecule has 2 rings (SSSR count). The summed E-state index contributed by atoms with van der Waals surface area (Å²) >= 11 is 0. The van der Waals surface area contributed by atoms with Crippen LogP contribution < -0.4 is 4.72 Å². The van der Waals surface area contributed by atoms with Crippen molar-refractivity contribution in [2.24, 2.45) is 0 Å². The summed E-state index contributed by atoms with van der Waals surface area (Å²) in [6.45, 7) is 5.67. The fourth-order valence-corrected chi connectivity index (χ4v) is 3.25. The number of piperidine rings is 1. The van der Waals surface area contributed by atoms with E-state index in [0.29, 0.717) is 6.54 Å². The number of hydrogen-bond acceptors (Lipinski definition) is 3. The first kappa shape index (κ1) is 15.5. The lowest BCUT2D eigenvalue weighted by Gasteiger charge is -2.39. The number of likely N-dealkylation sites (tertiary alicyclic amines) is 1. The fraction of sp³-hybridized carbons (Fsp3) is 0.600. The Kier molecular flexibility index (Phi) is 4.83. The van der Waals surface area contributed by atoms with Gasteiger partial charge in [-0.15, -0.1) is 0 Å². The second-order valence-electron chi connectivity index (χ2n) is 5.93. The van der Waals surface area contributed by atoms with Gasteiger partial charge in [0.25, 0.3) is 0 Å². The van der Waals surface area contributed by atoms with Gasteiger partial charge >= 0.3 is 0 Å². The normalized spacial score (nSPS) is 19.9. The van der Waals surface area contributed by atoms with Gasteiger partial charge in [-0.25, -0.2) is 13.1 Å². The van der Waals surface area contributed by atoms with Crippen molar-refractivity contribution in [1.29, 1.82) is 0 Å². The Balaban J connectivity index is 1.83. The van der Waals surface area contributed by atoms with Crippen molar-refractivity contribution in [3.8, 4) is 0 Å². The molecule has 1 fully saturated rings. The molecule has 0 bridgehead atoms. The van der Waals surface area contributed by atoms with Crippen LogP contribution in [0.15, 0.2) is 30.3 Å². The maximum atomic E-state index is 11.0. The van der Waals surface area contributed by atoms with Crippen LogP contribution in [-0.4, -0.2) is 45.8 Å². The van der Waals surface area contributed by atoms with Gasteiger partial charge in [-0.1, -0.05) is 37.3 Å². The molecular weight excluding hydrogens is 272 g/mol. The molecule has 0 amide bonds. The van der Waals surface area contributed by atoms with E-state index in [9.17, 15) is 8.42 Å². The zero-order chi connectivity index (χ0) is 14.6. The minimum Gasteiger partial charge on any atom is -0.302 e. The highest BCUT2D eigenvalue weighted by atomic mass is 32.2. The number of nitrogens with one attached hydrogen (secondary N) is 1. The molecule has 0 aliphatic carbocycles. The van der Waals surface area contributed by atoms with Crippen LogP contribution in [0.5, 0.6) is 0 Å². The van der Waals surface area contributed by atoms with Gasteiger partial charge in [-0.2, -0.15) is 0 Å². The summed E-state index contributed by atoms with van der Waals surface area (Å²) in [5.41, 5.74) is 1.66. The van der Waals surface area contributed by atoms with Crippen molar-refractivity contribution in [3.05, 3.63) is 35.9 Å². The second-order valence-corrected chi connectivity index (χ2v) is 7.77. The first-order valence-corrected chi connectivity index (χ1v) is 9.01. The van der Waals surface area contributed by atoms with E-state index >= 15 is 0 Å². The van der Waals surface area contributed by atoms with E-state index in [0.717, 1.165) is 32.5 Å². The Morgan fingerprint density at radius 2 is 1.80 bits per heavy atom. The smallest absolute Gasteiger partial charge is 0.208 e. The zero-order valence-corrected chi connectivity index (χ0v) is 13.1. The van der Waals surface area contributed by atoms with Crippen LogP contribution in [0.25, 0.3) is 0 Å². The molecule has 0 saturated carbocycles. The second kappa shape index (κ2) is 6.24. The number of sulfonamides is 1. The lowest BCUT2D eigenvalue weighted by Crippen LogP contribution is -2.43. The van der Waals surface area contributed by atoms with E-state index in [2.05, 4.69) is 46.9 Å². The Morgan fingerprint density at radius 1 is 1.20 bits per heavy atom. The highest BCUT2D eigenvalue weighted by molar-refractivity contribution is 7.88. The number of benzene rings is 1. The van der Waals surface area contributed by atoms with Crippen molar-refractivity contribution >= 4 is 10.0 Å². The molecule has 112 valence electrons. The molecule has 5 heteroatoms. The van der Waals surface area contributed by atoms with Gasteiger partial charge in [-0.05, 0) is 36.9 Å². The van der Waals surface area contributed by atoms with Crippen LogP contribution in [-0.2, 0) is 15.4 Å². The minimum atomic E-state index is -3.07. The van der Waals surface area contributed by atoms with E-state index in [1.165, 1.54) is 11.8 Å². The summed E-state index contributed by atoms with van der Waals surface area (Å²) < 4.78 is 24.6. The Labute approximate surface area is 122 Å². The van der Waals surface area contributed by atoms with Gasteiger partial charge in [0.1, 0.15) is 0 Å². The van der Waals surface area contributed by atoms with Crippen molar-refractivity contribution in [1.82, 2.24) is 9.62 Å². The van der Waals surface area contributed by atoms with Crippen LogP contribution in [0, 0.1) is 0 Å². The van der Waals surface area contributed by atoms with Crippen LogP contribution >= 0.6 is 0 Å². The average Bonchev–Trinajstić information content (AvgIpc) is 2.41. The Hall–Kier alpha value is -0.910. The molecule has 0 aromatic heterocycles. The molecule has 20 heavy (non-hydrogen) atoms. The molecule has 0 atom stereocenters. The van der Waals surface area contributed by atoms with Crippen LogP contribution in [0.1, 0.15) is 25.3 Å². The molecule has 1 aromatic rings. The predicted molar refractivity (Wildman–Crippen MR) is 82.3 cm³/mol. The maximum absolute atomic E-state index is 11.0. The van der Waals surface area contributed by atoms with E-state index in [4.69, 9.17) is 0 Å². The van der Waals surface area contributed by atoms with E-state index in [1.54, 1.807) is 0 Å². The molecule has 0 radical (unpaired) electrons. The topological polar surface area (TPSA) is 49.4 Å². The summed E-state index contributed by atoms with van der Waals surface area (Å²) in [7, 11) is -3.07. The standard InChI is InChI=1S/C15H24N2O2S/c1-15(14-6-4-3-5-7-14)8-11-17(12-9-15)13-10-16-20(2,18)19/h3-7,16H,8-13H2,1-2H3. The largest absolute Gasteiger partial charge is 0.302 e. The number of rotatable bonds is 5. The SMILES string of the molecule is CC1(c2ccccc2)CCN(CCNS(C)(=O)=O)CC1. The van der Waals surface area contributed by atoms with Crippen molar-refractivity contribution in [2.75, 3.05) is 32.4 Å². The van der Waals surface area contributed by atoms with Crippen molar-refractivity contribution in [2.45, 2.75) is 25.2 Å². The van der Waals surface area contributed by atoms with Crippen LogP contribution in [0.2, 0.25) is 0 Å². The highest BCUT2D eigenvalue weighted by Crippen LogP contribution is 2.34. The predicted octanol–water partition coefficient (Wildman–Crippen LogP) is 1.59. The van der Waals surface area contributed by atoms with E-state index in [-0.39, 0.29) is 5.41 Å². The summed E-state index contributed by atoms with van der Waals surface area (Å²) in [5, 5.41) is 0. The first-order valence-electron chi connectivity index (χ1n) is 7.12. The summed E-state index contributed by atoms with van der Waals surface area (Å²) in [6, 6.07) is 10.7. The summed E-state index contributed by atoms with van der Waals surface area (Å²) in [4.78, 5) is 2.34. The molecule has 1 aromatic carbocycles. The molecule has 1 saturated heterocycles. The molecule has 1 aliphatic heterocycles. The lowest BCUT2D eigenvalue weighted by molar-refractivity contribution is 0.171. The van der Waals surface area contributed by atoms with Crippen molar-refractivity contribution < 1.29 is 8.42 Å². The third-order valence-corrected chi connectivity index (χ3v) is 4.95. The van der Waals surface area contributed by atoms with Gasteiger partial charge in [0, 0.05) is 13.1 Å². The monoisotopic (exact) mass is 296 g/mol. The number of hydrogen-bond donors (Lipinski definition) is 1. The van der Waals surface area contributed by atoms with Crippen molar-refractivity contribution in [3.63, 3.8) is 0 Å². The molecule has 1 N–H and O–H groups in total. The van der Waals surface area contributed by atoms with Crippen LogP contribution in [0.3, 0.4) is 0 Å². The summed E-state index contributed by atoms with van der Waals surface area (Å²) in [6.07, 6.45) is 3.45. The molecule has 1 aliphatic rings. The van der Waals surface area contributed by atoms with Crippen LogP contribution in [0.4, 0.5) is 0 Å². The van der Waals surface area contributed by atoms with Gasteiger partial charge < -0.3 is 4.90 Å². The maximum Gasteiger partial charge on any atom is 0.208 e. The molecule has 0 unspecified atom stereocenters. The quantitative estimate of drug-likeness (QED) is 0.897. The number of nitrogens with zero attached hydrogens (tertiary/aromatic N) is 1. The fourth-order valence-electron chi connectivity index (χ4n) is 2.79. The Morgan fingerprint density at radius 3 is 2.35 bits per heavy atom. The van der Waals surface area contributed by atoms with E-state index in [1.807, 2.05) is 0 Å². The van der Waals surface area contributed by atoms with Gasteiger partial charge in [-0.3, -0.25) is 0 Å². The third-order valence-electron chi connectivity index (χ3n) is 4.22. The first-order chi connectivity index (χ1) is 9.39. The summed E-state index contributed by atoms with van der Waals surface area (Å²) in [5.74, 6) is 0. The van der Waals surface area contributed by atoms with Gasteiger partial charge in [0.2, 0.25) is 10.0 Å². The highest BCUT2D eigenvalue weighted by Gasteiger charge is 2.31. The molecular formula is C15H24N2O2S. The van der Waals surface area contributed by atoms with Gasteiger partial charge in [0.05, 0.1) is 6.26 Å². The molecule has 0 spiro atoms. The van der Waals surface area contributed by atoms with E-state index < -0.39 is 10.0 Å². The lowest BCUT2D eigenvalue weighted by atomic mass is 9.74. The minimum absolute atomic E-state index is 0.252. The Bertz CT molecular complexity index is 520. The third kappa shape index (κ3) is 4.30. The molecule has 1 heterocycles. The zero-order valence-electron chi connectivity index (χ0n) is 12.3.